The van der Waals surface area contributed by atoms with Crippen LogP contribution in [0.3, 0.4) is 0 Å². The Morgan fingerprint density at radius 2 is 2.00 bits per heavy atom. The van der Waals surface area contributed by atoms with Crippen molar-refractivity contribution in [3.8, 4) is 11.1 Å². The fourth-order valence-electron chi connectivity index (χ4n) is 4.08. The molecule has 0 unspecified atom stereocenters. The summed E-state index contributed by atoms with van der Waals surface area (Å²) in [7, 11) is 1.51. The summed E-state index contributed by atoms with van der Waals surface area (Å²) in [5.74, 6) is -0.0837. The molecule has 1 aliphatic rings. The standard InChI is InChI=1S/C22H28N4O3/c1-3-25-21(28)22(9-6-10-26(15-22)20(27)14-29-2)11-17-7-4-5-8-19(17)18-12-23-16-24-13-18/h4-5,7-8,12-13,16H,3,6,9-11,14-15H2,1-2H3,(H,25,28)/t22-/m0/s1. The van der Waals surface area contributed by atoms with Gasteiger partial charge >= 0.3 is 0 Å². The topological polar surface area (TPSA) is 84.4 Å². The van der Waals surface area contributed by atoms with E-state index in [2.05, 4.69) is 15.3 Å². The van der Waals surface area contributed by atoms with Crippen LogP contribution < -0.4 is 5.32 Å². The maximum atomic E-state index is 13.2. The second kappa shape index (κ2) is 9.60. The Kier molecular flexibility index (Phi) is 6.93. The van der Waals surface area contributed by atoms with Gasteiger partial charge in [-0.05, 0) is 37.3 Å². The van der Waals surface area contributed by atoms with Crippen LogP contribution >= 0.6 is 0 Å². The second-order valence-corrected chi connectivity index (χ2v) is 7.45. The minimum atomic E-state index is -0.677. The number of nitrogens with zero attached hydrogens (tertiary/aromatic N) is 3. The third-order valence-electron chi connectivity index (χ3n) is 5.43. The van der Waals surface area contributed by atoms with Gasteiger partial charge in [0.2, 0.25) is 11.8 Å². The van der Waals surface area contributed by atoms with E-state index in [-0.39, 0.29) is 18.4 Å². The van der Waals surface area contributed by atoms with E-state index in [0.717, 1.165) is 29.5 Å². The molecule has 29 heavy (non-hydrogen) atoms. The molecule has 154 valence electrons. The highest BCUT2D eigenvalue weighted by Gasteiger charge is 2.43. The molecule has 1 fully saturated rings. The van der Waals surface area contributed by atoms with E-state index < -0.39 is 5.41 Å². The third-order valence-corrected chi connectivity index (χ3v) is 5.43. The van der Waals surface area contributed by atoms with Gasteiger partial charge in [-0.1, -0.05) is 24.3 Å². The molecule has 3 rings (SSSR count). The molecule has 0 radical (unpaired) electrons. The first-order chi connectivity index (χ1) is 14.1. The second-order valence-electron chi connectivity index (χ2n) is 7.45. The molecule has 0 aliphatic carbocycles. The minimum absolute atomic E-state index is 0.00553. The summed E-state index contributed by atoms with van der Waals surface area (Å²) in [5.41, 5.74) is 2.30. The molecule has 7 nitrogen and oxygen atoms in total. The van der Waals surface area contributed by atoms with E-state index in [1.165, 1.54) is 13.4 Å². The van der Waals surface area contributed by atoms with E-state index in [4.69, 9.17) is 4.74 Å². The van der Waals surface area contributed by atoms with Crippen LogP contribution in [0, 0.1) is 5.41 Å². The Balaban J connectivity index is 1.95. The summed E-state index contributed by atoms with van der Waals surface area (Å²) in [4.78, 5) is 35.7. The Hall–Kier alpha value is -2.80. The molecule has 0 spiro atoms. The zero-order chi connectivity index (χ0) is 20.7. The van der Waals surface area contributed by atoms with Crippen molar-refractivity contribution >= 4 is 11.8 Å². The lowest BCUT2D eigenvalue weighted by molar-refractivity contribution is -0.144. The molecule has 0 saturated carbocycles. The Morgan fingerprint density at radius 1 is 1.24 bits per heavy atom. The maximum Gasteiger partial charge on any atom is 0.248 e. The van der Waals surface area contributed by atoms with Crippen molar-refractivity contribution in [1.29, 1.82) is 0 Å². The molecule has 2 aromatic rings. The van der Waals surface area contributed by atoms with Crippen LogP contribution in [0.5, 0.6) is 0 Å². The maximum absolute atomic E-state index is 13.2. The number of aromatic nitrogens is 2. The lowest BCUT2D eigenvalue weighted by Gasteiger charge is -2.42. The molecule has 7 heteroatoms. The monoisotopic (exact) mass is 396 g/mol. The molecular weight excluding hydrogens is 368 g/mol. The number of likely N-dealkylation sites (tertiary alicyclic amines) is 1. The molecule has 0 bridgehead atoms. The van der Waals surface area contributed by atoms with Gasteiger partial charge < -0.3 is 15.0 Å². The first kappa shape index (κ1) is 20.9. The molecule has 1 aromatic heterocycles. The third kappa shape index (κ3) is 4.79. The van der Waals surface area contributed by atoms with Crippen LogP contribution in [-0.2, 0) is 20.7 Å². The number of rotatable bonds is 7. The lowest BCUT2D eigenvalue weighted by Crippen LogP contribution is -2.55. The van der Waals surface area contributed by atoms with Gasteiger partial charge in [0.25, 0.3) is 0 Å². The molecule has 1 atom stereocenters. The van der Waals surface area contributed by atoms with Gasteiger partial charge in [0, 0.05) is 44.7 Å². The van der Waals surface area contributed by atoms with Gasteiger partial charge in [-0.15, -0.1) is 0 Å². The zero-order valence-corrected chi connectivity index (χ0v) is 17.1. The fraction of sp³-hybridized carbons (Fsp3) is 0.455. The molecular formula is C22H28N4O3. The quantitative estimate of drug-likeness (QED) is 0.775. The van der Waals surface area contributed by atoms with Gasteiger partial charge in [0.15, 0.2) is 0 Å². The van der Waals surface area contributed by atoms with Gasteiger partial charge in [0.05, 0.1) is 5.41 Å². The predicted octanol–water partition coefficient (Wildman–Crippen LogP) is 2.08. The number of ether oxygens (including phenoxy) is 1. The average molecular weight is 396 g/mol. The van der Waals surface area contributed by atoms with Gasteiger partial charge in [0.1, 0.15) is 12.9 Å². The van der Waals surface area contributed by atoms with Crippen molar-refractivity contribution in [3.05, 3.63) is 48.5 Å². The average Bonchev–Trinajstić information content (AvgIpc) is 2.75. The van der Waals surface area contributed by atoms with E-state index in [1.54, 1.807) is 17.3 Å². The molecule has 1 saturated heterocycles. The lowest BCUT2D eigenvalue weighted by atomic mass is 9.73. The summed E-state index contributed by atoms with van der Waals surface area (Å²) in [6.45, 7) is 3.54. The van der Waals surface area contributed by atoms with Crippen molar-refractivity contribution in [2.24, 2.45) is 5.41 Å². The van der Waals surface area contributed by atoms with Crippen LogP contribution in [0.15, 0.2) is 43.0 Å². The normalized spacial score (nSPS) is 19.0. The number of hydrogen-bond donors (Lipinski definition) is 1. The van der Waals surface area contributed by atoms with Gasteiger partial charge in [-0.2, -0.15) is 0 Å². The highest BCUT2D eigenvalue weighted by molar-refractivity contribution is 5.85. The van der Waals surface area contributed by atoms with Crippen LogP contribution in [0.2, 0.25) is 0 Å². The van der Waals surface area contributed by atoms with Gasteiger partial charge in [-0.25, -0.2) is 9.97 Å². The Morgan fingerprint density at radius 3 is 2.72 bits per heavy atom. The van der Waals surface area contributed by atoms with Crippen molar-refractivity contribution in [2.75, 3.05) is 33.4 Å². The zero-order valence-electron chi connectivity index (χ0n) is 17.1. The Labute approximate surface area is 171 Å². The fourth-order valence-corrected chi connectivity index (χ4v) is 4.08. The van der Waals surface area contributed by atoms with Crippen LogP contribution in [0.1, 0.15) is 25.3 Å². The van der Waals surface area contributed by atoms with E-state index >= 15 is 0 Å². The van der Waals surface area contributed by atoms with Crippen molar-refractivity contribution in [2.45, 2.75) is 26.2 Å². The van der Waals surface area contributed by atoms with Crippen molar-refractivity contribution in [3.63, 3.8) is 0 Å². The molecule has 2 heterocycles. The largest absolute Gasteiger partial charge is 0.375 e. The highest BCUT2D eigenvalue weighted by Crippen LogP contribution is 2.37. The molecule has 1 N–H and O–H groups in total. The summed E-state index contributed by atoms with van der Waals surface area (Å²) >= 11 is 0. The summed E-state index contributed by atoms with van der Waals surface area (Å²) in [5, 5.41) is 2.99. The van der Waals surface area contributed by atoms with E-state index in [1.807, 2.05) is 31.2 Å². The number of methoxy groups -OCH3 is 1. The number of carbonyl (C=O) groups excluding carboxylic acids is 2. The first-order valence-corrected chi connectivity index (χ1v) is 9.98. The van der Waals surface area contributed by atoms with Crippen LogP contribution in [0.25, 0.3) is 11.1 Å². The van der Waals surface area contributed by atoms with Crippen molar-refractivity contribution < 1.29 is 14.3 Å². The van der Waals surface area contributed by atoms with Crippen molar-refractivity contribution in [1.82, 2.24) is 20.2 Å². The van der Waals surface area contributed by atoms with E-state index in [9.17, 15) is 9.59 Å². The van der Waals surface area contributed by atoms with E-state index in [0.29, 0.717) is 26.1 Å². The van der Waals surface area contributed by atoms with Gasteiger partial charge in [-0.3, -0.25) is 9.59 Å². The molecule has 1 aliphatic heterocycles. The summed E-state index contributed by atoms with van der Waals surface area (Å²) in [6, 6.07) is 8.01. The van der Waals surface area contributed by atoms with Crippen LogP contribution in [0.4, 0.5) is 0 Å². The number of hydrogen-bond acceptors (Lipinski definition) is 5. The highest BCUT2D eigenvalue weighted by atomic mass is 16.5. The first-order valence-electron chi connectivity index (χ1n) is 9.98. The number of piperidine rings is 1. The number of carbonyl (C=O) groups is 2. The summed E-state index contributed by atoms with van der Waals surface area (Å²) in [6.07, 6.45) is 7.11. The molecule has 1 aromatic carbocycles. The minimum Gasteiger partial charge on any atom is -0.375 e. The molecule has 2 amide bonds. The predicted molar refractivity (Wildman–Crippen MR) is 110 cm³/mol. The number of benzene rings is 1. The Bertz CT molecular complexity index is 843. The number of amides is 2. The number of nitrogens with one attached hydrogen (secondary N) is 1. The summed E-state index contributed by atoms with van der Waals surface area (Å²) < 4.78 is 5.02. The van der Waals surface area contributed by atoms with Crippen LogP contribution in [-0.4, -0.2) is 60.0 Å². The smallest absolute Gasteiger partial charge is 0.248 e. The SMILES string of the molecule is CCNC(=O)[C@]1(Cc2ccccc2-c2cncnc2)CCCN(C(=O)COC)C1.